The lowest BCUT2D eigenvalue weighted by molar-refractivity contribution is 0.466. The van der Waals surface area contributed by atoms with Gasteiger partial charge in [-0.15, -0.1) is 0 Å². The van der Waals surface area contributed by atoms with Gasteiger partial charge in [-0.2, -0.15) is 0 Å². The maximum absolute atomic E-state index is 6.92. The summed E-state index contributed by atoms with van der Waals surface area (Å²) in [6.07, 6.45) is 1.85. The van der Waals surface area contributed by atoms with Gasteiger partial charge in [-0.1, -0.05) is 127 Å². The molecule has 0 fully saturated rings. The van der Waals surface area contributed by atoms with Gasteiger partial charge >= 0.3 is 0 Å². The number of fused-ring (bicyclic) bond motifs is 4. The van der Waals surface area contributed by atoms with Crippen molar-refractivity contribution in [2.45, 2.75) is 6.92 Å². The van der Waals surface area contributed by atoms with Crippen LogP contribution in [-0.4, -0.2) is 11.7 Å². The molecule has 7 aromatic rings. The highest BCUT2D eigenvalue weighted by atomic mass is 16.5. The topological polar surface area (TPSA) is 31.4 Å². The van der Waals surface area contributed by atoms with Crippen molar-refractivity contribution in [1.29, 1.82) is 0 Å². The third-order valence-corrected chi connectivity index (χ3v) is 9.20. The molecule has 3 nitrogen and oxygen atoms in total. The summed E-state index contributed by atoms with van der Waals surface area (Å²) in [5.74, 6) is 3.45. The van der Waals surface area contributed by atoms with Gasteiger partial charge in [0.05, 0.1) is 5.69 Å². The van der Waals surface area contributed by atoms with E-state index in [1.54, 1.807) is 0 Å². The lowest BCUT2D eigenvalue weighted by Crippen LogP contribution is -2.57. The molecule has 3 heterocycles. The molecule has 0 saturated heterocycles. The van der Waals surface area contributed by atoms with Crippen molar-refractivity contribution in [3.05, 3.63) is 157 Å². The van der Waals surface area contributed by atoms with E-state index in [4.69, 9.17) is 9.47 Å². The first kappa shape index (κ1) is 26.5. The number of nitrogens with zero attached hydrogens (tertiary/aromatic N) is 1. The Morgan fingerprint density at radius 1 is 0.478 bits per heavy atom. The Hall–Kier alpha value is -5.87. The molecular formula is C42H28BNO2. The molecule has 0 saturated carbocycles. The first-order chi connectivity index (χ1) is 22.7. The summed E-state index contributed by atoms with van der Waals surface area (Å²) >= 11 is 0. The van der Waals surface area contributed by atoms with Crippen molar-refractivity contribution in [3.63, 3.8) is 0 Å². The molecule has 9 rings (SSSR count). The first-order valence-electron chi connectivity index (χ1n) is 15.7. The van der Waals surface area contributed by atoms with Crippen molar-refractivity contribution in [2.75, 3.05) is 0 Å². The van der Waals surface area contributed by atoms with Gasteiger partial charge in [-0.25, -0.2) is 0 Å². The number of rotatable bonds is 4. The molecule has 6 aromatic carbocycles. The van der Waals surface area contributed by atoms with Crippen LogP contribution in [0, 0.1) is 6.92 Å². The minimum atomic E-state index is -0.0339. The van der Waals surface area contributed by atoms with Crippen molar-refractivity contribution >= 4 is 23.1 Å². The van der Waals surface area contributed by atoms with Crippen LogP contribution in [0.5, 0.6) is 23.0 Å². The van der Waals surface area contributed by atoms with Crippen LogP contribution in [0.2, 0.25) is 0 Å². The van der Waals surface area contributed by atoms with Crippen LogP contribution in [0.15, 0.2) is 152 Å². The van der Waals surface area contributed by atoms with Crippen molar-refractivity contribution < 1.29 is 9.47 Å². The van der Waals surface area contributed by atoms with E-state index >= 15 is 0 Å². The van der Waals surface area contributed by atoms with Gasteiger partial charge in [0.15, 0.2) is 0 Å². The normalized spacial score (nSPS) is 12.3. The van der Waals surface area contributed by atoms with Gasteiger partial charge in [-0.3, -0.25) is 4.98 Å². The molecule has 216 valence electrons. The molecule has 1 aromatic heterocycles. The largest absolute Gasteiger partial charge is 0.458 e. The lowest BCUT2D eigenvalue weighted by Gasteiger charge is -2.35. The van der Waals surface area contributed by atoms with E-state index in [1.807, 2.05) is 24.4 Å². The van der Waals surface area contributed by atoms with Crippen LogP contribution in [0.25, 0.3) is 44.6 Å². The summed E-state index contributed by atoms with van der Waals surface area (Å²) < 4.78 is 13.8. The third kappa shape index (κ3) is 4.26. The van der Waals surface area contributed by atoms with Crippen LogP contribution in [0.3, 0.4) is 0 Å². The number of ether oxygens (including phenoxy) is 2. The molecule has 4 heteroatoms. The molecule has 0 N–H and O–H groups in total. The van der Waals surface area contributed by atoms with E-state index in [9.17, 15) is 0 Å². The number of hydrogen-bond acceptors (Lipinski definition) is 3. The number of hydrogen-bond donors (Lipinski definition) is 0. The van der Waals surface area contributed by atoms with Crippen LogP contribution in [-0.2, 0) is 0 Å². The fourth-order valence-electron chi connectivity index (χ4n) is 7.01. The Morgan fingerprint density at radius 2 is 1.02 bits per heavy atom. The van der Waals surface area contributed by atoms with Gasteiger partial charge < -0.3 is 9.47 Å². The summed E-state index contributed by atoms with van der Waals surface area (Å²) in [6.45, 7) is 2.06. The molecule has 0 amide bonds. The molecule has 0 spiro atoms. The SMILES string of the molecule is Cc1cccnc1-c1ccc(-c2cc3c4c(c2)Oc2c(cccc2-c2ccccc2)B4c2cccc(-c4ccccc4)c2O3)cc1. The second-order valence-corrected chi connectivity index (χ2v) is 11.9. The standard InChI is InChI=1S/C42H28BNO2/c1-27-11-10-24-44-40(27)31-22-20-28(21-23-31)32-25-37-39-38(26-32)46-42-34(30-14-6-3-7-15-30)17-9-19-36(42)43(39)35-18-8-16-33(41(35)45-37)29-12-4-2-5-13-29/h2-26H,1H3. The molecule has 0 unspecified atom stereocenters. The van der Waals surface area contributed by atoms with Crippen molar-refractivity contribution in [2.24, 2.45) is 0 Å². The molecule has 2 aliphatic rings. The number of para-hydroxylation sites is 2. The van der Waals surface area contributed by atoms with Gasteiger partial charge in [0.25, 0.3) is 6.71 Å². The Morgan fingerprint density at radius 3 is 1.57 bits per heavy atom. The summed E-state index contributed by atoms with van der Waals surface area (Å²) in [5.41, 5.74) is 13.2. The Balaban J connectivity index is 1.25. The molecule has 0 bridgehead atoms. The maximum atomic E-state index is 6.92. The Labute approximate surface area is 268 Å². The van der Waals surface area contributed by atoms with Crippen LogP contribution in [0.4, 0.5) is 0 Å². The van der Waals surface area contributed by atoms with Crippen LogP contribution in [0.1, 0.15) is 5.56 Å². The molecule has 0 radical (unpaired) electrons. The smallest absolute Gasteiger partial charge is 0.260 e. The highest BCUT2D eigenvalue weighted by Gasteiger charge is 2.42. The summed E-state index contributed by atoms with van der Waals surface area (Å²) in [6, 6.07) is 51.0. The second-order valence-electron chi connectivity index (χ2n) is 11.9. The quantitative estimate of drug-likeness (QED) is 0.192. The zero-order valence-electron chi connectivity index (χ0n) is 25.3. The summed E-state index contributed by atoms with van der Waals surface area (Å²) in [5, 5.41) is 0. The Bertz CT molecular complexity index is 2150. The van der Waals surface area contributed by atoms with Gasteiger partial charge in [-0.05, 0) is 63.9 Å². The van der Waals surface area contributed by atoms with E-state index in [-0.39, 0.29) is 6.71 Å². The highest BCUT2D eigenvalue weighted by molar-refractivity contribution is 6.98. The third-order valence-electron chi connectivity index (χ3n) is 9.20. The Kier molecular flexibility index (Phi) is 6.14. The second kappa shape index (κ2) is 10.6. The number of pyridine rings is 1. The lowest BCUT2D eigenvalue weighted by atomic mass is 9.34. The van der Waals surface area contributed by atoms with Crippen LogP contribution >= 0.6 is 0 Å². The van der Waals surface area contributed by atoms with Gasteiger partial charge in [0.2, 0.25) is 0 Å². The maximum Gasteiger partial charge on any atom is 0.260 e. The predicted octanol–water partition coefficient (Wildman–Crippen LogP) is 8.79. The van der Waals surface area contributed by atoms with Gasteiger partial charge in [0.1, 0.15) is 23.0 Å². The van der Waals surface area contributed by atoms with E-state index < -0.39 is 0 Å². The van der Waals surface area contributed by atoms with E-state index in [1.165, 1.54) is 0 Å². The fraction of sp³-hybridized carbons (Fsp3) is 0.0238. The molecule has 2 aliphatic heterocycles. The highest BCUT2D eigenvalue weighted by Crippen LogP contribution is 2.43. The molecule has 0 atom stereocenters. The zero-order chi connectivity index (χ0) is 30.6. The minimum absolute atomic E-state index is 0.0339. The summed E-state index contributed by atoms with van der Waals surface area (Å²) in [4.78, 5) is 4.62. The van der Waals surface area contributed by atoms with Crippen LogP contribution < -0.4 is 25.9 Å². The van der Waals surface area contributed by atoms with E-state index in [0.29, 0.717) is 0 Å². The van der Waals surface area contributed by atoms with E-state index in [2.05, 4.69) is 139 Å². The fourth-order valence-corrected chi connectivity index (χ4v) is 7.01. The molecule has 0 aliphatic carbocycles. The molecular weight excluding hydrogens is 561 g/mol. The summed E-state index contributed by atoms with van der Waals surface area (Å²) in [7, 11) is 0. The zero-order valence-corrected chi connectivity index (χ0v) is 25.3. The average molecular weight is 590 g/mol. The predicted molar refractivity (Wildman–Crippen MR) is 188 cm³/mol. The minimum Gasteiger partial charge on any atom is -0.458 e. The number of benzene rings is 6. The monoisotopic (exact) mass is 589 g/mol. The molecule has 46 heavy (non-hydrogen) atoms. The number of aromatic nitrogens is 1. The number of aryl methyl sites for hydroxylation is 1. The van der Waals surface area contributed by atoms with Crippen molar-refractivity contribution in [3.8, 4) is 67.6 Å². The van der Waals surface area contributed by atoms with E-state index in [0.717, 1.165) is 89.6 Å². The average Bonchev–Trinajstić information content (AvgIpc) is 3.12. The van der Waals surface area contributed by atoms with Crippen molar-refractivity contribution in [1.82, 2.24) is 4.98 Å². The first-order valence-corrected chi connectivity index (χ1v) is 15.7. The van der Waals surface area contributed by atoms with Gasteiger partial charge in [0, 0.05) is 28.4 Å².